The standard InChI is InChI=1S/C13H14Br2N2OS/c1-2-16-7-9-5-10(14)13(11(15)6-9)18-8-12-17-3-4-19-12/h3-6,16H,2,7-8H2,1H3. The maximum Gasteiger partial charge on any atom is 0.148 e. The van der Waals surface area contributed by atoms with Gasteiger partial charge in [-0.15, -0.1) is 11.3 Å². The maximum atomic E-state index is 5.81. The summed E-state index contributed by atoms with van der Waals surface area (Å²) in [5.41, 5.74) is 1.21. The van der Waals surface area contributed by atoms with E-state index in [-0.39, 0.29) is 0 Å². The Balaban J connectivity index is 2.08. The summed E-state index contributed by atoms with van der Waals surface area (Å²) in [5.74, 6) is 0.815. The number of nitrogens with one attached hydrogen (secondary N) is 1. The van der Waals surface area contributed by atoms with E-state index in [2.05, 4.69) is 61.2 Å². The first-order chi connectivity index (χ1) is 9.20. The Morgan fingerprint density at radius 1 is 1.32 bits per heavy atom. The molecule has 0 fully saturated rings. The SMILES string of the molecule is CCNCc1cc(Br)c(OCc2nccs2)c(Br)c1. The highest BCUT2D eigenvalue weighted by Crippen LogP contribution is 2.35. The van der Waals surface area contributed by atoms with Crippen LogP contribution >= 0.6 is 43.2 Å². The van der Waals surface area contributed by atoms with Gasteiger partial charge < -0.3 is 10.1 Å². The molecule has 6 heteroatoms. The molecule has 0 radical (unpaired) electrons. The van der Waals surface area contributed by atoms with Gasteiger partial charge in [-0.1, -0.05) is 6.92 Å². The van der Waals surface area contributed by atoms with Crippen molar-refractivity contribution in [1.29, 1.82) is 0 Å². The van der Waals surface area contributed by atoms with Crippen molar-refractivity contribution in [3.8, 4) is 5.75 Å². The summed E-state index contributed by atoms with van der Waals surface area (Å²) < 4.78 is 7.71. The predicted molar refractivity (Wildman–Crippen MR) is 85.7 cm³/mol. The first kappa shape index (κ1) is 15.0. The number of benzene rings is 1. The zero-order valence-corrected chi connectivity index (χ0v) is 14.4. The minimum Gasteiger partial charge on any atom is -0.484 e. The molecule has 1 aromatic heterocycles. The van der Waals surface area contributed by atoms with Crippen molar-refractivity contribution in [2.45, 2.75) is 20.1 Å². The van der Waals surface area contributed by atoms with Crippen LogP contribution in [0.4, 0.5) is 0 Å². The predicted octanol–water partition coefficient (Wildman–Crippen LogP) is 4.36. The lowest BCUT2D eigenvalue weighted by Gasteiger charge is -2.11. The highest BCUT2D eigenvalue weighted by atomic mass is 79.9. The molecular weight excluding hydrogens is 392 g/mol. The van der Waals surface area contributed by atoms with Gasteiger partial charge in [0.15, 0.2) is 0 Å². The van der Waals surface area contributed by atoms with Crippen LogP contribution in [0.15, 0.2) is 32.7 Å². The summed E-state index contributed by atoms with van der Waals surface area (Å²) >= 11 is 8.70. The third-order valence-electron chi connectivity index (χ3n) is 2.46. The molecule has 102 valence electrons. The van der Waals surface area contributed by atoms with Crippen molar-refractivity contribution >= 4 is 43.2 Å². The Morgan fingerprint density at radius 2 is 2.05 bits per heavy atom. The van der Waals surface area contributed by atoms with E-state index in [9.17, 15) is 0 Å². The van der Waals surface area contributed by atoms with E-state index in [4.69, 9.17) is 4.74 Å². The van der Waals surface area contributed by atoms with Crippen molar-refractivity contribution in [3.63, 3.8) is 0 Å². The van der Waals surface area contributed by atoms with Crippen molar-refractivity contribution in [2.75, 3.05) is 6.54 Å². The van der Waals surface area contributed by atoms with Crippen LogP contribution in [0.2, 0.25) is 0 Å². The van der Waals surface area contributed by atoms with Gasteiger partial charge in [-0.2, -0.15) is 0 Å². The molecule has 0 saturated carbocycles. The highest BCUT2D eigenvalue weighted by Gasteiger charge is 2.10. The normalized spacial score (nSPS) is 10.7. The second kappa shape index (κ2) is 7.38. The van der Waals surface area contributed by atoms with Gasteiger partial charge in [0, 0.05) is 18.1 Å². The van der Waals surface area contributed by atoms with Gasteiger partial charge in [0.1, 0.15) is 17.4 Å². The lowest BCUT2D eigenvalue weighted by molar-refractivity contribution is 0.301. The molecule has 2 aromatic rings. The third kappa shape index (κ3) is 4.27. The molecule has 0 aliphatic rings. The number of halogens is 2. The second-order valence-corrected chi connectivity index (χ2v) is 6.57. The molecule has 0 aliphatic carbocycles. The van der Waals surface area contributed by atoms with E-state index < -0.39 is 0 Å². The molecule has 1 heterocycles. The lowest BCUT2D eigenvalue weighted by atomic mass is 10.2. The molecule has 1 N–H and O–H groups in total. The number of hydrogen-bond acceptors (Lipinski definition) is 4. The second-order valence-electron chi connectivity index (χ2n) is 3.88. The summed E-state index contributed by atoms with van der Waals surface area (Å²) in [6.45, 7) is 4.38. The first-order valence-electron chi connectivity index (χ1n) is 5.90. The summed E-state index contributed by atoms with van der Waals surface area (Å²) in [5, 5.41) is 6.22. The molecule has 0 unspecified atom stereocenters. The van der Waals surface area contributed by atoms with E-state index in [1.165, 1.54) is 5.56 Å². The molecule has 0 atom stereocenters. The van der Waals surface area contributed by atoms with Crippen LogP contribution < -0.4 is 10.1 Å². The smallest absolute Gasteiger partial charge is 0.148 e. The zero-order chi connectivity index (χ0) is 13.7. The van der Waals surface area contributed by atoms with E-state index >= 15 is 0 Å². The maximum absolute atomic E-state index is 5.81. The minimum atomic E-state index is 0.488. The molecule has 2 rings (SSSR count). The Morgan fingerprint density at radius 3 is 2.63 bits per heavy atom. The Bertz CT molecular complexity index is 508. The molecule has 0 aliphatic heterocycles. The highest BCUT2D eigenvalue weighted by molar-refractivity contribution is 9.11. The quantitative estimate of drug-likeness (QED) is 0.775. The monoisotopic (exact) mass is 404 g/mol. The van der Waals surface area contributed by atoms with Crippen LogP contribution in [0, 0.1) is 0 Å². The molecule has 0 bridgehead atoms. The van der Waals surface area contributed by atoms with Crippen LogP contribution in [0.1, 0.15) is 17.5 Å². The van der Waals surface area contributed by atoms with Crippen molar-refractivity contribution < 1.29 is 4.74 Å². The van der Waals surface area contributed by atoms with Gasteiger partial charge in [-0.05, 0) is 56.1 Å². The summed E-state index contributed by atoms with van der Waals surface area (Å²) in [7, 11) is 0. The molecule has 19 heavy (non-hydrogen) atoms. The Labute approximate surface area is 133 Å². The number of rotatable bonds is 6. The van der Waals surface area contributed by atoms with Crippen LogP contribution in [-0.4, -0.2) is 11.5 Å². The van der Waals surface area contributed by atoms with Crippen LogP contribution in [0.3, 0.4) is 0 Å². The fraction of sp³-hybridized carbons (Fsp3) is 0.308. The van der Waals surface area contributed by atoms with Gasteiger partial charge in [0.05, 0.1) is 8.95 Å². The van der Waals surface area contributed by atoms with Crippen molar-refractivity contribution in [1.82, 2.24) is 10.3 Å². The van der Waals surface area contributed by atoms with Crippen molar-refractivity contribution in [3.05, 3.63) is 43.2 Å². The van der Waals surface area contributed by atoms with Crippen LogP contribution in [0.5, 0.6) is 5.75 Å². The van der Waals surface area contributed by atoms with Gasteiger partial charge in [-0.3, -0.25) is 0 Å². The number of hydrogen-bond donors (Lipinski definition) is 1. The van der Waals surface area contributed by atoms with Gasteiger partial charge >= 0.3 is 0 Å². The van der Waals surface area contributed by atoms with E-state index in [1.54, 1.807) is 17.5 Å². The molecule has 1 aromatic carbocycles. The molecule has 0 spiro atoms. The summed E-state index contributed by atoms with van der Waals surface area (Å²) in [4.78, 5) is 4.20. The zero-order valence-electron chi connectivity index (χ0n) is 10.5. The fourth-order valence-corrected chi connectivity index (χ4v) is 3.62. The number of aromatic nitrogens is 1. The Kier molecular flexibility index (Phi) is 5.81. The average Bonchev–Trinajstić information content (AvgIpc) is 2.88. The number of nitrogens with zero attached hydrogens (tertiary/aromatic N) is 1. The van der Waals surface area contributed by atoms with Gasteiger partial charge in [0.25, 0.3) is 0 Å². The summed E-state index contributed by atoms with van der Waals surface area (Å²) in [6, 6.07) is 4.15. The van der Waals surface area contributed by atoms with Gasteiger partial charge in [-0.25, -0.2) is 4.98 Å². The largest absolute Gasteiger partial charge is 0.484 e. The molecular formula is C13H14Br2N2OS. The van der Waals surface area contributed by atoms with Crippen LogP contribution in [-0.2, 0) is 13.2 Å². The average molecular weight is 406 g/mol. The topological polar surface area (TPSA) is 34.1 Å². The molecule has 0 saturated heterocycles. The van der Waals surface area contributed by atoms with E-state index in [0.717, 1.165) is 32.8 Å². The fourth-order valence-electron chi connectivity index (χ4n) is 1.58. The van der Waals surface area contributed by atoms with Gasteiger partial charge in [0.2, 0.25) is 0 Å². The minimum absolute atomic E-state index is 0.488. The van der Waals surface area contributed by atoms with Crippen molar-refractivity contribution in [2.24, 2.45) is 0 Å². The molecule has 3 nitrogen and oxygen atoms in total. The van der Waals surface area contributed by atoms with E-state index in [1.807, 2.05) is 5.38 Å². The Hall–Kier alpha value is -0.430. The number of thiazole rings is 1. The van der Waals surface area contributed by atoms with Crippen LogP contribution in [0.25, 0.3) is 0 Å². The lowest BCUT2D eigenvalue weighted by Crippen LogP contribution is -2.11. The summed E-state index contributed by atoms with van der Waals surface area (Å²) in [6.07, 6.45) is 1.78. The van der Waals surface area contributed by atoms with E-state index in [0.29, 0.717) is 6.61 Å². The number of ether oxygens (including phenoxy) is 1. The molecule has 0 amide bonds. The third-order valence-corrected chi connectivity index (χ3v) is 4.39. The first-order valence-corrected chi connectivity index (χ1v) is 8.37.